The lowest BCUT2D eigenvalue weighted by Gasteiger charge is -2.13. The van der Waals surface area contributed by atoms with Crippen molar-refractivity contribution in [2.45, 2.75) is 33.6 Å². The Morgan fingerprint density at radius 2 is 1.96 bits per heavy atom. The van der Waals surface area contributed by atoms with Gasteiger partial charge in [0.1, 0.15) is 0 Å². The van der Waals surface area contributed by atoms with Gasteiger partial charge < -0.3 is 19.3 Å². The zero-order valence-electron chi connectivity index (χ0n) is 14.0. The second-order valence-corrected chi connectivity index (χ2v) is 5.44. The molecule has 6 nitrogen and oxygen atoms in total. The van der Waals surface area contributed by atoms with Gasteiger partial charge in [-0.3, -0.25) is 4.79 Å². The molecule has 1 N–H and O–H groups in total. The van der Waals surface area contributed by atoms with Crippen LogP contribution in [0.4, 0.5) is 5.69 Å². The molecular weight excluding hydrogens is 332 g/mol. The normalized spacial score (nSPS) is 10.5. The third-order valence-corrected chi connectivity index (χ3v) is 3.66. The van der Waals surface area contributed by atoms with E-state index in [-0.39, 0.29) is 17.5 Å². The molecule has 130 valence electrons. The van der Waals surface area contributed by atoms with Crippen molar-refractivity contribution in [2.75, 3.05) is 18.5 Å². The van der Waals surface area contributed by atoms with E-state index in [2.05, 4.69) is 10.5 Å². The third kappa shape index (κ3) is 4.64. The topological polar surface area (TPSA) is 73.6 Å². The summed E-state index contributed by atoms with van der Waals surface area (Å²) in [6, 6.07) is 5.32. The minimum Gasteiger partial charge on any atom is -0.490 e. The summed E-state index contributed by atoms with van der Waals surface area (Å²) < 4.78 is 15.9. The maximum Gasteiger partial charge on any atom is 0.229 e. The average molecular weight is 353 g/mol. The number of nitrogens with one attached hydrogen (secondary N) is 1. The number of nitrogens with zero attached hydrogens (tertiary/aromatic N) is 1. The number of ether oxygens (including phenoxy) is 2. The molecular formula is C17H21ClN2O4. The molecule has 0 saturated heterocycles. The standard InChI is InChI=1S/C17H21ClN2O4/c1-4-22-14-8-6-12(10-15(14)23-5-2)19-16(21)9-7-13-11(3)20-24-17(13)18/h6,8,10H,4-5,7,9H2,1-3H3,(H,19,21). The highest BCUT2D eigenvalue weighted by atomic mass is 35.5. The molecule has 2 aromatic rings. The first-order chi connectivity index (χ1) is 11.5. The minimum absolute atomic E-state index is 0.127. The molecule has 1 heterocycles. The van der Waals surface area contributed by atoms with E-state index in [9.17, 15) is 4.79 Å². The molecule has 1 aromatic heterocycles. The first-order valence-electron chi connectivity index (χ1n) is 7.85. The van der Waals surface area contributed by atoms with Crippen LogP contribution in [0.15, 0.2) is 22.7 Å². The van der Waals surface area contributed by atoms with E-state index in [1.165, 1.54) is 0 Å². The predicted octanol–water partition coefficient (Wildman–Crippen LogP) is 4.01. The molecule has 7 heteroatoms. The number of hydrogen-bond acceptors (Lipinski definition) is 5. The van der Waals surface area contributed by atoms with Crippen molar-refractivity contribution >= 4 is 23.2 Å². The summed E-state index contributed by atoms with van der Waals surface area (Å²) in [5, 5.41) is 6.85. The van der Waals surface area contributed by atoms with Crippen molar-refractivity contribution in [3.05, 3.63) is 34.7 Å². The van der Waals surface area contributed by atoms with Gasteiger partial charge >= 0.3 is 0 Å². The summed E-state index contributed by atoms with van der Waals surface area (Å²) in [6.45, 7) is 6.66. The lowest BCUT2D eigenvalue weighted by atomic mass is 10.1. The maximum atomic E-state index is 12.1. The Bertz CT molecular complexity index is 680. The van der Waals surface area contributed by atoms with Crippen LogP contribution in [0.25, 0.3) is 0 Å². The van der Waals surface area contributed by atoms with Gasteiger partial charge in [-0.15, -0.1) is 0 Å². The Labute approximate surface area is 146 Å². The summed E-state index contributed by atoms with van der Waals surface area (Å²) in [5.74, 6) is 1.14. The largest absolute Gasteiger partial charge is 0.490 e. The first kappa shape index (κ1) is 18.1. The van der Waals surface area contributed by atoms with E-state index in [0.717, 1.165) is 5.56 Å². The van der Waals surface area contributed by atoms with Crippen molar-refractivity contribution in [3.8, 4) is 11.5 Å². The highest BCUT2D eigenvalue weighted by Crippen LogP contribution is 2.30. The molecule has 0 unspecified atom stereocenters. The number of halogens is 1. The van der Waals surface area contributed by atoms with Crippen LogP contribution in [-0.4, -0.2) is 24.3 Å². The number of carbonyl (C=O) groups excluding carboxylic acids is 1. The fourth-order valence-electron chi connectivity index (χ4n) is 2.23. The van der Waals surface area contributed by atoms with Crippen LogP contribution in [-0.2, 0) is 11.2 Å². The van der Waals surface area contributed by atoms with E-state index in [1.54, 1.807) is 25.1 Å². The first-order valence-corrected chi connectivity index (χ1v) is 8.23. The van der Waals surface area contributed by atoms with Crippen LogP contribution in [0.5, 0.6) is 11.5 Å². The molecule has 1 aromatic carbocycles. The van der Waals surface area contributed by atoms with Gasteiger partial charge in [0.15, 0.2) is 11.5 Å². The summed E-state index contributed by atoms with van der Waals surface area (Å²) in [5.41, 5.74) is 2.11. The van der Waals surface area contributed by atoms with Crippen molar-refractivity contribution in [1.82, 2.24) is 5.16 Å². The van der Waals surface area contributed by atoms with Crippen LogP contribution < -0.4 is 14.8 Å². The van der Waals surface area contributed by atoms with Crippen LogP contribution in [0.1, 0.15) is 31.5 Å². The molecule has 24 heavy (non-hydrogen) atoms. The van der Waals surface area contributed by atoms with Crippen molar-refractivity contribution in [2.24, 2.45) is 0 Å². The molecule has 0 atom stereocenters. The molecule has 0 fully saturated rings. The molecule has 0 saturated carbocycles. The van der Waals surface area contributed by atoms with E-state index >= 15 is 0 Å². The summed E-state index contributed by atoms with van der Waals surface area (Å²) in [4.78, 5) is 12.1. The Kier molecular flexibility index (Phi) is 6.49. The molecule has 1 amide bonds. The van der Waals surface area contributed by atoms with Gasteiger partial charge in [0.25, 0.3) is 0 Å². The van der Waals surface area contributed by atoms with Gasteiger partial charge in [-0.1, -0.05) is 5.16 Å². The number of carbonyl (C=O) groups is 1. The van der Waals surface area contributed by atoms with Gasteiger partial charge in [-0.05, 0) is 50.9 Å². The molecule has 0 bridgehead atoms. The van der Waals surface area contributed by atoms with E-state index in [1.807, 2.05) is 13.8 Å². The van der Waals surface area contributed by atoms with Gasteiger partial charge in [0.05, 0.1) is 18.9 Å². The Morgan fingerprint density at radius 3 is 2.58 bits per heavy atom. The Hall–Kier alpha value is -2.21. The molecule has 0 aliphatic heterocycles. The quantitative estimate of drug-likeness (QED) is 0.777. The monoisotopic (exact) mass is 352 g/mol. The zero-order chi connectivity index (χ0) is 17.5. The van der Waals surface area contributed by atoms with E-state index < -0.39 is 0 Å². The number of benzene rings is 1. The zero-order valence-corrected chi connectivity index (χ0v) is 14.8. The summed E-state index contributed by atoms with van der Waals surface area (Å²) in [6.07, 6.45) is 0.744. The molecule has 0 spiro atoms. The van der Waals surface area contributed by atoms with Crippen molar-refractivity contribution < 1.29 is 18.8 Å². The fraction of sp³-hybridized carbons (Fsp3) is 0.412. The average Bonchev–Trinajstić information content (AvgIpc) is 2.87. The molecule has 0 radical (unpaired) electrons. The Morgan fingerprint density at radius 1 is 1.25 bits per heavy atom. The smallest absolute Gasteiger partial charge is 0.229 e. The SMILES string of the molecule is CCOc1ccc(NC(=O)CCc2c(C)noc2Cl)cc1OCC. The Balaban J connectivity index is 1.99. The number of amides is 1. The summed E-state index contributed by atoms with van der Waals surface area (Å²) in [7, 11) is 0. The number of rotatable bonds is 8. The molecule has 0 aliphatic rings. The highest BCUT2D eigenvalue weighted by molar-refractivity contribution is 6.29. The lowest BCUT2D eigenvalue weighted by Crippen LogP contribution is -2.12. The molecule has 0 aliphatic carbocycles. The van der Waals surface area contributed by atoms with E-state index in [0.29, 0.717) is 42.5 Å². The highest BCUT2D eigenvalue weighted by Gasteiger charge is 2.13. The van der Waals surface area contributed by atoms with Crippen LogP contribution in [0.3, 0.4) is 0 Å². The van der Waals surface area contributed by atoms with Crippen molar-refractivity contribution in [3.63, 3.8) is 0 Å². The van der Waals surface area contributed by atoms with Crippen LogP contribution in [0, 0.1) is 6.92 Å². The third-order valence-electron chi connectivity index (χ3n) is 3.37. The van der Waals surface area contributed by atoms with Gasteiger partial charge in [0.2, 0.25) is 11.1 Å². The van der Waals surface area contributed by atoms with Crippen LogP contribution in [0.2, 0.25) is 5.22 Å². The van der Waals surface area contributed by atoms with Crippen molar-refractivity contribution in [1.29, 1.82) is 0 Å². The minimum atomic E-state index is -0.127. The number of hydrogen-bond donors (Lipinski definition) is 1. The lowest BCUT2D eigenvalue weighted by molar-refractivity contribution is -0.116. The van der Waals surface area contributed by atoms with Gasteiger partial charge in [-0.2, -0.15) is 0 Å². The number of aromatic nitrogens is 1. The second kappa shape index (κ2) is 8.59. The number of aryl methyl sites for hydroxylation is 1. The predicted molar refractivity (Wildman–Crippen MR) is 92.0 cm³/mol. The molecule has 2 rings (SSSR count). The number of anilines is 1. The maximum absolute atomic E-state index is 12.1. The summed E-state index contributed by atoms with van der Waals surface area (Å²) >= 11 is 5.90. The second-order valence-electron chi connectivity index (χ2n) is 5.10. The fourth-order valence-corrected chi connectivity index (χ4v) is 2.50. The van der Waals surface area contributed by atoms with Gasteiger partial charge in [0, 0.05) is 23.7 Å². The van der Waals surface area contributed by atoms with E-state index in [4.69, 9.17) is 25.6 Å². The van der Waals surface area contributed by atoms with Gasteiger partial charge in [-0.25, -0.2) is 0 Å². The van der Waals surface area contributed by atoms with Crippen LogP contribution >= 0.6 is 11.6 Å².